The Morgan fingerprint density at radius 2 is 2.05 bits per heavy atom. The van der Waals surface area contributed by atoms with E-state index in [0.29, 0.717) is 26.5 Å². The molecule has 19 heavy (non-hydrogen) atoms. The van der Waals surface area contributed by atoms with Crippen molar-refractivity contribution in [1.82, 2.24) is 0 Å². The van der Waals surface area contributed by atoms with E-state index < -0.39 is 5.91 Å². The molecule has 1 aliphatic heterocycles. The normalized spacial score (nSPS) is 14.7. The number of imide groups is 1. The van der Waals surface area contributed by atoms with E-state index in [4.69, 9.17) is 16.0 Å². The van der Waals surface area contributed by atoms with E-state index in [1.54, 1.807) is 24.3 Å². The summed E-state index contributed by atoms with van der Waals surface area (Å²) in [5.41, 5.74) is 0.869. The number of fused-ring (bicyclic) bond motifs is 1. The van der Waals surface area contributed by atoms with Crippen LogP contribution in [0.25, 0.3) is 0 Å². The van der Waals surface area contributed by atoms with Gasteiger partial charge in [0, 0.05) is 4.47 Å². The molecular formula is C13H7BrClNO3. The van der Waals surface area contributed by atoms with Crippen molar-refractivity contribution < 1.29 is 14.0 Å². The largest absolute Gasteiger partial charge is 0.468 e. The minimum absolute atomic E-state index is 0.0712. The second-order valence-corrected chi connectivity index (χ2v) is 5.33. The zero-order valence-electron chi connectivity index (χ0n) is 9.52. The second kappa shape index (κ2) is 4.51. The second-order valence-electron chi connectivity index (χ2n) is 4.07. The molecule has 2 amide bonds. The lowest BCUT2D eigenvalue weighted by atomic mass is 10.1. The first-order chi connectivity index (χ1) is 9.08. The van der Waals surface area contributed by atoms with E-state index in [1.165, 1.54) is 6.26 Å². The van der Waals surface area contributed by atoms with Gasteiger partial charge in [-0.25, -0.2) is 4.90 Å². The highest BCUT2D eigenvalue weighted by molar-refractivity contribution is 9.10. The summed E-state index contributed by atoms with van der Waals surface area (Å²) < 4.78 is 5.83. The highest BCUT2D eigenvalue weighted by Crippen LogP contribution is 2.31. The Morgan fingerprint density at radius 3 is 2.79 bits per heavy atom. The number of amides is 2. The summed E-state index contributed by atoms with van der Waals surface area (Å²) >= 11 is 9.26. The van der Waals surface area contributed by atoms with Crippen molar-refractivity contribution in [2.75, 3.05) is 4.90 Å². The summed E-state index contributed by atoms with van der Waals surface area (Å²) in [5, 5.41) is 0.441. The fraction of sp³-hybridized carbons (Fsp3) is 0.0769. The van der Waals surface area contributed by atoms with Crippen LogP contribution in [0.4, 0.5) is 5.69 Å². The predicted octanol–water partition coefficient (Wildman–Crippen LogP) is 3.43. The van der Waals surface area contributed by atoms with Crippen molar-refractivity contribution in [3.8, 4) is 0 Å². The first-order valence-electron chi connectivity index (χ1n) is 5.46. The van der Waals surface area contributed by atoms with E-state index in [-0.39, 0.29) is 12.3 Å². The number of furan rings is 1. The van der Waals surface area contributed by atoms with Gasteiger partial charge in [0.05, 0.1) is 29.0 Å². The number of carbonyl (C=O) groups excluding carboxylic acids is 2. The van der Waals surface area contributed by atoms with E-state index >= 15 is 0 Å². The van der Waals surface area contributed by atoms with Crippen molar-refractivity contribution in [2.45, 2.75) is 6.42 Å². The zero-order valence-corrected chi connectivity index (χ0v) is 11.9. The SMILES string of the molecule is O=C1Cc2occc2C(=O)N1c1ccc(Br)c(Cl)c1. The molecule has 0 saturated carbocycles. The third-order valence-electron chi connectivity index (χ3n) is 2.90. The van der Waals surface area contributed by atoms with Gasteiger partial charge in [0.15, 0.2) is 0 Å². The van der Waals surface area contributed by atoms with Gasteiger partial charge in [-0.05, 0) is 40.2 Å². The van der Waals surface area contributed by atoms with Gasteiger partial charge in [-0.3, -0.25) is 9.59 Å². The fourth-order valence-electron chi connectivity index (χ4n) is 2.00. The van der Waals surface area contributed by atoms with E-state index in [2.05, 4.69) is 15.9 Å². The molecule has 0 saturated heterocycles. The maximum atomic E-state index is 12.3. The average Bonchev–Trinajstić information content (AvgIpc) is 2.82. The first kappa shape index (κ1) is 12.4. The van der Waals surface area contributed by atoms with Gasteiger partial charge in [-0.2, -0.15) is 0 Å². The highest BCUT2D eigenvalue weighted by Gasteiger charge is 2.34. The van der Waals surface area contributed by atoms with Crippen LogP contribution in [0.1, 0.15) is 16.1 Å². The molecule has 6 heteroatoms. The summed E-state index contributed by atoms with van der Waals surface area (Å²) in [6.07, 6.45) is 1.48. The molecule has 1 aromatic carbocycles. The lowest BCUT2D eigenvalue weighted by Crippen LogP contribution is -2.41. The predicted molar refractivity (Wildman–Crippen MR) is 73.4 cm³/mol. The number of carbonyl (C=O) groups is 2. The van der Waals surface area contributed by atoms with Crippen LogP contribution in [0.15, 0.2) is 39.4 Å². The Morgan fingerprint density at radius 1 is 1.26 bits per heavy atom. The van der Waals surface area contributed by atoms with Crippen LogP contribution >= 0.6 is 27.5 Å². The molecule has 3 rings (SSSR count). The van der Waals surface area contributed by atoms with Gasteiger partial charge in [0.1, 0.15) is 5.76 Å². The molecule has 1 aromatic heterocycles. The van der Waals surface area contributed by atoms with Crippen LogP contribution in [0.2, 0.25) is 5.02 Å². The molecule has 0 N–H and O–H groups in total. The van der Waals surface area contributed by atoms with Gasteiger partial charge in [-0.1, -0.05) is 11.6 Å². The maximum Gasteiger partial charge on any atom is 0.268 e. The van der Waals surface area contributed by atoms with Crippen molar-refractivity contribution in [3.05, 3.63) is 51.3 Å². The number of benzene rings is 1. The molecule has 0 atom stereocenters. The van der Waals surface area contributed by atoms with Gasteiger partial charge in [-0.15, -0.1) is 0 Å². The molecule has 4 nitrogen and oxygen atoms in total. The number of nitrogens with zero attached hydrogens (tertiary/aromatic N) is 1. The minimum atomic E-state index is -0.390. The van der Waals surface area contributed by atoms with E-state index in [9.17, 15) is 9.59 Å². The number of rotatable bonds is 1. The maximum absolute atomic E-state index is 12.3. The first-order valence-corrected chi connectivity index (χ1v) is 6.63. The molecule has 1 aliphatic rings. The average molecular weight is 341 g/mol. The van der Waals surface area contributed by atoms with Crippen molar-refractivity contribution >= 4 is 45.0 Å². The lowest BCUT2D eigenvalue weighted by molar-refractivity contribution is -0.117. The molecule has 0 unspecified atom stereocenters. The van der Waals surface area contributed by atoms with Gasteiger partial charge < -0.3 is 4.42 Å². The summed E-state index contributed by atoms with van der Waals surface area (Å²) in [6.45, 7) is 0. The third-order valence-corrected chi connectivity index (χ3v) is 4.13. The summed E-state index contributed by atoms with van der Waals surface area (Å²) in [5.74, 6) is -0.307. The van der Waals surface area contributed by atoms with Crippen LogP contribution in [0, 0.1) is 0 Å². The molecule has 96 valence electrons. The monoisotopic (exact) mass is 339 g/mol. The zero-order chi connectivity index (χ0) is 13.6. The fourth-order valence-corrected chi connectivity index (χ4v) is 2.42. The molecule has 0 fully saturated rings. The Balaban J connectivity index is 2.08. The number of hydrogen-bond donors (Lipinski definition) is 0. The standard InChI is InChI=1S/C13H7BrClNO3/c14-9-2-1-7(5-10(9)15)16-12(17)6-11-8(13(16)18)3-4-19-11/h1-5H,6H2. The van der Waals surface area contributed by atoms with Gasteiger partial charge in [0.25, 0.3) is 5.91 Å². The molecule has 0 bridgehead atoms. The molecular weight excluding hydrogens is 334 g/mol. The summed E-state index contributed by atoms with van der Waals surface area (Å²) in [7, 11) is 0. The van der Waals surface area contributed by atoms with E-state index in [0.717, 1.165) is 4.90 Å². The topological polar surface area (TPSA) is 50.5 Å². The number of hydrogen-bond acceptors (Lipinski definition) is 3. The van der Waals surface area contributed by atoms with Crippen molar-refractivity contribution in [2.24, 2.45) is 0 Å². The third kappa shape index (κ3) is 1.99. The Labute approximate surface area is 122 Å². The van der Waals surface area contributed by atoms with Crippen molar-refractivity contribution in [1.29, 1.82) is 0 Å². The Kier molecular flexibility index (Phi) is 2.95. The molecule has 2 aromatic rings. The van der Waals surface area contributed by atoms with E-state index in [1.807, 2.05) is 0 Å². The van der Waals surface area contributed by atoms with Crippen LogP contribution in [0.3, 0.4) is 0 Å². The smallest absolute Gasteiger partial charge is 0.268 e. The molecule has 0 aliphatic carbocycles. The molecule has 2 heterocycles. The molecule has 0 spiro atoms. The van der Waals surface area contributed by atoms with Crippen LogP contribution in [-0.2, 0) is 11.2 Å². The van der Waals surface area contributed by atoms with Gasteiger partial charge >= 0.3 is 0 Å². The number of halogens is 2. The van der Waals surface area contributed by atoms with Gasteiger partial charge in [0.2, 0.25) is 5.91 Å². The number of anilines is 1. The minimum Gasteiger partial charge on any atom is -0.468 e. The van der Waals surface area contributed by atoms with Crippen LogP contribution < -0.4 is 4.90 Å². The van der Waals surface area contributed by atoms with Crippen LogP contribution in [-0.4, -0.2) is 11.8 Å². The highest BCUT2D eigenvalue weighted by atomic mass is 79.9. The summed E-state index contributed by atoms with van der Waals surface area (Å²) in [6, 6.07) is 6.50. The Bertz CT molecular complexity index is 695. The summed E-state index contributed by atoms with van der Waals surface area (Å²) in [4.78, 5) is 25.4. The van der Waals surface area contributed by atoms with Crippen LogP contribution in [0.5, 0.6) is 0 Å². The lowest BCUT2D eigenvalue weighted by Gasteiger charge is -2.24. The van der Waals surface area contributed by atoms with Crippen molar-refractivity contribution in [3.63, 3.8) is 0 Å². The Hall–Kier alpha value is -1.59. The quantitative estimate of drug-likeness (QED) is 0.747. The molecule has 0 radical (unpaired) electrons.